The third kappa shape index (κ3) is 5.08. The highest BCUT2D eigenvalue weighted by molar-refractivity contribution is 5.93. The molecule has 1 aliphatic rings. The van der Waals surface area contributed by atoms with Gasteiger partial charge in [-0.15, -0.1) is 12.4 Å². The molecule has 0 spiro atoms. The van der Waals surface area contributed by atoms with Gasteiger partial charge in [-0.2, -0.15) is 0 Å². The van der Waals surface area contributed by atoms with Gasteiger partial charge in [-0.1, -0.05) is 0 Å². The lowest BCUT2D eigenvalue weighted by molar-refractivity contribution is -0.117. The zero-order valence-corrected chi connectivity index (χ0v) is 13.0. The first-order valence-electron chi connectivity index (χ1n) is 6.56. The molecule has 0 aromatic heterocycles. The second kappa shape index (κ2) is 8.71. The number of hydrogen-bond donors (Lipinski definition) is 2. The monoisotopic (exact) mass is 316 g/mol. The summed E-state index contributed by atoms with van der Waals surface area (Å²) in [6.45, 7) is 2.03. The molecule has 0 bridgehead atoms. The van der Waals surface area contributed by atoms with Gasteiger partial charge in [0.15, 0.2) is 0 Å². The van der Waals surface area contributed by atoms with Crippen LogP contribution in [0.3, 0.4) is 0 Å². The summed E-state index contributed by atoms with van der Waals surface area (Å²) >= 11 is 0. The average molecular weight is 317 g/mol. The number of hydrogen-bond acceptors (Lipinski definition) is 5. The van der Waals surface area contributed by atoms with Crippen LogP contribution in [-0.2, 0) is 9.53 Å². The van der Waals surface area contributed by atoms with Crippen molar-refractivity contribution in [3.05, 3.63) is 18.2 Å². The lowest BCUT2D eigenvalue weighted by Gasteiger charge is -2.23. The number of methoxy groups -OCH3 is 2. The maximum absolute atomic E-state index is 12.0. The number of amides is 1. The maximum Gasteiger partial charge on any atom is 0.226 e. The zero-order chi connectivity index (χ0) is 14.4. The SMILES string of the molecule is COc1ccc(OC)c(NC(=O)CC2COCCN2)c1.Cl. The van der Waals surface area contributed by atoms with Gasteiger partial charge in [0.1, 0.15) is 11.5 Å². The van der Waals surface area contributed by atoms with Crippen molar-refractivity contribution in [3.63, 3.8) is 0 Å². The van der Waals surface area contributed by atoms with Crippen molar-refractivity contribution in [1.29, 1.82) is 0 Å². The lowest BCUT2D eigenvalue weighted by atomic mass is 10.2. The number of nitrogens with one attached hydrogen (secondary N) is 2. The van der Waals surface area contributed by atoms with Crippen LogP contribution in [-0.4, -0.2) is 45.9 Å². The first kappa shape index (κ1) is 17.6. The Morgan fingerprint density at radius 2 is 2.24 bits per heavy atom. The molecule has 118 valence electrons. The van der Waals surface area contributed by atoms with E-state index in [1.54, 1.807) is 32.4 Å². The smallest absolute Gasteiger partial charge is 0.226 e. The Morgan fingerprint density at radius 1 is 1.43 bits per heavy atom. The van der Waals surface area contributed by atoms with Crippen molar-refractivity contribution in [2.24, 2.45) is 0 Å². The zero-order valence-electron chi connectivity index (χ0n) is 12.2. The van der Waals surface area contributed by atoms with Crippen LogP contribution >= 0.6 is 12.4 Å². The molecule has 1 aromatic carbocycles. The van der Waals surface area contributed by atoms with E-state index in [1.807, 2.05) is 0 Å². The van der Waals surface area contributed by atoms with Gasteiger partial charge in [0.2, 0.25) is 5.91 Å². The van der Waals surface area contributed by atoms with Crippen molar-refractivity contribution in [2.45, 2.75) is 12.5 Å². The van der Waals surface area contributed by atoms with E-state index >= 15 is 0 Å². The predicted octanol–water partition coefficient (Wildman–Crippen LogP) is 1.44. The van der Waals surface area contributed by atoms with Crippen molar-refractivity contribution in [3.8, 4) is 11.5 Å². The van der Waals surface area contributed by atoms with Gasteiger partial charge < -0.3 is 24.8 Å². The van der Waals surface area contributed by atoms with Crippen LogP contribution in [0.1, 0.15) is 6.42 Å². The molecular weight excluding hydrogens is 296 g/mol. The van der Waals surface area contributed by atoms with Gasteiger partial charge in [-0.25, -0.2) is 0 Å². The van der Waals surface area contributed by atoms with Crippen LogP contribution in [0.4, 0.5) is 5.69 Å². The number of carbonyl (C=O) groups is 1. The molecule has 6 nitrogen and oxygen atoms in total. The van der Waals surface area contributed by atoms with Crippen LogP contribution in [0.25, 0.3) is 0 Å². The predicted molar refractivity (Wildman–Crippen MR) is 82.7 cm³/mol. The third-order valence-electron chi connectivity index (χ3n) is 3.11. The van der Waals surface area contributed by atoms with Crippen molar-refractivity contribution >= 4 is 24.0 Å². The highest BCUT2D eigenvalue weighted by Gasteiger charge is 2.18. The standard InChI is InChI=1S/C14H20N2O4.ClH/c1-18-11-3-4-13(19-2)12(8-11)16-14(17)7-10-9-20-6-5-15-10;/h3-4,8,10,15H,5-7,9H2,1-2H3,(H,16,17);1H. The Kier molecular flexibility index (Phi) is 7.28. The van der Waals surface area contributed by atoms with Gasteiger partial charge >= 0.3 is 0 Å². The molecule has 1 atom stereocenters. The van der Waals surface area contributed by atoms with Gasteiger partial charge in [-0.3, -0.25) is 4.79 Å². The molecule has 0 saturated carbocycles. The summed E-state index contributed by atoms with van der Waals surface area (Å²) in [5.41, 5.74) is 0.605. The molecule has 1 heterocycles. The largest absolute Gasteiger partial charge is 0.497 e. The molecule has 7 heteroatoms. The fraction of sp³-hybridized carbons (Fsp3) is 0.500. The molecule has 1 aliphatic heterocycles. The summed E-state index contributed by atoms with van der Waals surface area (Å²) < 4.78 is 15.7. The van der Waals surface area contributed by atoms with E-state index in [2.05, 4.69) is 10.6 Å². The van der Waals surface area contributed by atoms with Crippen molar-refractivity contribution in [2.75, 3.05) is 39.3 Å². The second-order valence-corrected chi connectivity index (χ2v) is 4.54. The number of carbonyl (C=O) groups excluding carboxylic acids is 1. The summed E-state index contributed by atoms with van der Waals surface area (Å²) in [7, 11) is 3.14. The van der Waals surface area contributed by atoms with E-state index in [0.29, 0.717) is 36.8 Å². The van der Waals surface area contributed by atoms with Crippen molar-refractivity contribution in [1.82, 2.24) is 5.32 Å². The van der Waals surface area contributed by atoms with Gasteiger partial charge in [0.25, 0.3) is 0 Å². The van der Waals surface area contributed by atoms with Gasteiger partial charge in [0.05, 0.1) is 33.1 Å². The quantitative estimate of drug-likeness (QED) is 0.860. The van der Waals surface area contributed by atoms with Crippen LogP contribution in [0.5, 0.6) is 11.5 Å². The number of ether oxygens (including phenoxy) is 3. The fourth-order valence-electron chi connectivity index (χ4n) is 2.09. The Morgan fingerprint density at radius 3 is 2.86 bits per heavy atom. The summed E-state index contributed by atoms with van der Waals surface area (Å²) in [5, 5.41) is 6.09. The number of halogens is 1. The van der Waals surface area contributed by atoms with E-state index in [9.17, 15) is 4.79 Å². The summed E-state index contributed by atoms with van der Waals surface area (Å²) in [5.74, 6) is 1.19. The van der Waals surface area contributed by atoms with Gasteiger partial charge in [-0.05, 0) is 12.1 Å². The average Bonchev–Trinajstić information content (AvgIpc) is 2.48. The lowest BCUT2D eigenvalue weighted by Crippen LogP contribution is -2.43. The molecule has 21 heavy (non-hydrogen) atoms. The number of anilines is 1. The third-order valence-corrected chi connectivity index (χ3v) is 3.11. The number of morpholine rings is 1. The minimum atomic E-state index is -0.0837. The van der Waals surface area contributed by atoms with Crippen LogP contribution in [0.2, 0.25) is 0 Å². The van der Waals surface area contributed by atoms with E-state index in [-0.39, 0.29) is 24.4 Å². The second-order valence-electron chi connectivity index (χ2n) is 4.54. The highest BCUT2D eigenvalue weighted by atomic mass is 35.5. The van der Waals surface area contributed by atoms with E-state index in [4.69, 9.17) is 14.2 Å². The minimum absolute atomic E-state index is 0. The summed E-state index contributed by atoms with van der Waals surface area (Å²) in [6.07, 6.45) is 0.361. The Hall–Kier alpha value is -1.50. The molecule has 2 rings (SSSR count). The molecule has 2 N–H and O–H groups in total. The first-order chi connectivity index (χ1) is 9.72. The van der Waals surface area contributed by atoms with Gasteiger partial charge in [0, 0.05) is 25.1 Å². The Balaban J connectivity index is 0.00000220. The molecule has 0 aliphatic carbocycles. The summed E-state index contributed by atoms with van der Waals surface area (Å²) in [6, 6.07) is 5.34. The van der Waals surface area contributed by atoms with Crippen LogP contribution < -0.4 is 20.1 Å². The molecule has 1 amide bonds. The molecule has 0 radical (unpaired) electrons. The fourth-order valence-corrected chi connectivity index (χ4v) is 2.09. The topological polar surface area (TPSA) is 68.8 Å². The first-order valence-corrected chi connectivity index (χ1v) is 6.56. The molecule has 1 unspecified atom stereocenters. The minimum Gasteiger partial charge on any atom is -0.497 e. The number of benzene rings is 1. The van der Waals surface area contributed by atoms with E-state index < -0.39 is 0 Å². The molecule has 1 saturated heterocycles. The normalized spacial score (nSPS) is 17.5. The van der Waals surface area contributed by atoms with Crippen LogP contribution in [0, 0.1) is 0 Å². The molecule has 1 fully saturated rings. The Bertz CT molecular complexity index is 464. The molecular formula is C14H21ClN2O4. The number of rotatable bonds is 5. The Labute approximate surface area is 130 Å². The summed E-state index contributed by atoms with van der Waals surface area (Å²) in [4.78, 5) is 12.0. The highest BCUT2D eigenvalue weighted by Crippen LogP contribution is 2.29. The van der Waals surface area contributed by atoms with Crippen molar-refractivity contribution < 1.29 is 19.0 Å². The van der Waals surface area contributed by atoms with E-state index in [1.165, 1.54) is 0 Å². The van der Waals surface area contributed by atoms with E-state index in [0.717, 1.165) is 6.54 Å². The van der Waals surface area contributed by atoms with Crippen LogP contribution in [0.15, 0.2) is 18.2 Å². The maximum atomic E-state index is 12.0. The molecule has 1 aromatic rings.